The number of benzene rings is 1. The van der Waals surface area contributed by atoms with Gasteiger partial charge in [0.05, 0.1) is 25.1 Å². The Morgan fingerprint density at radius 2 is 2.12 bits per heavy atom. The van der Waals surface area contributed by atoms with Gasteiger partial charge in [-0.3, -0.25) is 0 Å². The number of halogens is 1. The molecule has 0 unspecified atom stereocenters. The first-order valence-corrected chi connectivity index (χ1v) is 5.51. The van der Waals surface area contributed by atoms with Gasteiger partial charge in [-0.25, -0.2) is 4.39 Å². The molecule has 0 aliphatic heterocycles. The Balaban J connectivity index is 3.18. The predicted octanol–water partition coefficient (Wildman–Crippen LogP) is 1.62. The predicted molar refractivity (Wildman–Crippen MR) is 66.9 cm³/mol. The summed E-state index contributed by atoms with van der Waals surface area (Å²) in [4.78, 5) is 1.76. The first-order chi connectivity index (χ1) is 8.01. The van der Waals surface area contributed by atoms with Crippen molar-refractivity contribution in [2.24, 2.45) is 0 Å². The first kappa shape index (κ1) is 13.6. The van der Waals surface area contributed by atoms with E-state index in [0.717, 1.165) is 0 Å². The molecule has 0 aromatic heterocycles. The van der Waals surface area contributed by atoms with Crippen molar-refractivity contribution in [3.63, 3.8) is 0 Å². The van der Waals surface area contributed by atoms with Gasteiger partial charge in [0.15, 0.2) is 0 Å². The average Bonchev–Trinajstić information content (AvgIpc) is 2.26. The van der Waals surface area contributed by atoms with E-state index in [4.69, 9.17) is 15.6 Å². The van der Waals surface area contributed by atoms with Gasteiger partial charge in [-0.15, -0.1) is 0 Å². The molecule has 0 aliphatic rings. The smallest absolute Gasteiger partial charge is 0.148 e. The summed E-state index contributed by atoms with van der Waals surface area (Å²) in [5.41, 5.74) is 6.27. The Bertz CT molecular complexity index is 383. The lowest BCUT2D eigenvalue weighted by atomic mass is 10.2. The minimum atomic E-state index is -0.412. The van der Waals surface area contributed by atoms with Crippen LogP contribution in [0.15, 0.2) is 12.1 Å². The van der Waals surface area contributed by atoms with Gasteiger partial charge >= 0.3 is 0 Å². The third-order valence-electron chi connectivity index (χ3n) is 2.57. The van der Waals surface area contributed by atoms with Crippen molar-refractivity contribution in [2.75, 3.05) is 30.9 Å². The number of methoxy groups -OCH3 is 1. The summed E-state index contributed by atoms with van der Waals surface area (Å²) in [7, 11) is 1.49. The summed E-state index contributed by atoms with van der Waals surface area (Å²) in [6, 6.07) is 2.87. The highest BCUT2D eigenvalue weighted by atomic mass is 19.1. The van der Waals surface area contributed by atoms with Crippen LogP contribution in [0.3, 0.4) is 0 Å². The molecule has 0 saturated heterocycles. The highest BCUT2D eigenvalue weighted by Gasteiger charge is 2.17. The largest absolute Gasteiger partial charge is 0.495 e. The zero-order valence-corrected chi connectivity index (χ0v) is 10.4. The van der Waals surface area contributed by atoms with E-state index in [9.17, 15) is 4.39 Å². The van der Waals surface area contributed by atoms with Crippen molar-refractivity contribution in [1.82, 2.24) is 0 Å². The molecule has 0 saturated carbocycles. The summed E-state index contributed by atoms with van der Waals surface area (Å²) >= 11 is 0. The van der Waals surface area contributed by atoms with E-state index >= 15 is 0 Å². The molecule has 1 rings (SSSR count). The normalized spacial score (nSPS) is 10.7. The van der Waals surface area contributed by atoms with Crippen LogP contribution >= 0.6 is 0 Å². The lowest BCUT2D eigenvalue weighted by Gasteiger charge is -2.29. The third-order valence-corrected chi connectivity index (χ3v) is 2.57. The Morgan fingerprint density at radius 1 is 1.47 bits per heavy atom. The van der Waals surface area contributed by atoms with Crippen LogP contribution in [0.25, 0.3) is 0 Å². The van der Waals surface area contributed by atoms with Crippen molar-refractivity contribution in [3.05, 3.63) is 17.9 Å². The fraction of sp³-hybridized carbons (Fsp3) is 0.500. The molecule has 0 fully saturated rings. The zero-order valence-electron chi connectivity index (χ0n) is 10.4. The molecule has 0 amide bonds. The standard InChI is InChI=1S/C12H19FN2O2/c1-8(2)15(4-5-16)11-7-12(17-3)10(14)6-9(11)13/h6-8,16H,4-5,14H2,1-3H3. The Kier molecular flexibility index (Phi) is 4.57. The van der Waals surface area contributed by atoms with Gasteiger partial charge in [-0.2, -0.15) is 0 Å². The summed E-state index contributed by atoms with van der Waals surface area (Å²) < 4.78 is 18.9. The Labute approximate surface area is 101 Å². The van der Waals surface area contributed by atoms with E-state index in [1.54, 1.807) is 11.0 Å². The zero-order chi connectivity index (χ0) is 13.0. The van der Waals surface area contributed by atoms with Crippen LogP contribution in [0.2, 0.25) is 0 Å². The number of aliphatic hydroxyl groups excluding tert-OH is 1. The van der Waals surface area contributed by atoms with E-state index in [-0.39, 0.29) is 18.3 Å². The van der Waals surface area contributed by atoms with Gasteiger partial charge in [0, 0.05) is 24.7 Å². The molecule has 96 valence electrons. The van der Waals surface area contributed by atoms with Crippen LogP contribution in [-0.2, 0) is 0 Å². The van der Waals surface area contributed by atoms with Gasteiger partial charge in [0.1, 0.15) is 11.6 Å². The molecular formula is C12H19FN2O2. The molecule has 0 heterocycles. The first-order valence-electron chi connectivity index (χ1n) is 5.51. The fourth-order valence-electron chi connectivity index (χ4n) is 1.72. The maximum atomic E-state index is 13.8. The van der Waals surface area contributed by atoms with E-state index in [2.05, 4.69) is 0 Å². The molecule has 0 aliphatic carbocycles. The van der Waals surface area contributed by atoms with Crippen LogP contribution in [0.1, 0.15) is 13.8 Å². The monoisotopic (exact) mass is 242 g/mol. The number of aliphatic hydroxyl groups is 1. The van der Waals surface area contributed by atoms with Gasteiger partial charge in [-0.05, 0) is 13.8 Å². The summed E-state index contributed by atoms with van der Waals surface area (Å²) in [6.07, 6.45) is 0. The highest BCUT2D eigenvalue weighted by Crippen LogP contribution is 2.31. The van der Waals surface area contributed by atoms with Crippen molar-refractivity contribution < 1.29 is 14.2 Å². The molecule has 1 aromatic carbocycles. The summed E-state index contributed by atoms with van der Waals surface area (Å²) in [5, 5.41) is 9.00. The molecule has 17 heavy (non-hydrogen) atoms. The third kappa shape index (κ3) is 3.00. The number of hydrogen-bond donors (Lipinski definition) is 2. The summed E-state index contributed by atoms with van der Waals surface area (Å²) in [5.74, 6) is 0.0236. The van der Waals surface area contributed by atoms with E-state index in [1.807, 2.05) is 13.8 Å². The fourth-order valence-corrected chi connectivity index (χ4v) is 1.72. The molecular weight excluding hydrogens is 223 g/mol. The van der Waals surface area contributed by atoms with Crippen LogP contribution in [0.5, 0.6) is 5.75 Å². The molecule has 3 N–H and O–H groups in total. The van der Waals surface area contributed by atoms with Crippen molar-refractivity contribution in [3.8, 4) is 5.75 Å². The quantitative estimate of drug-likeness (QED) is 0.770. The van der Waals surface area contributed by atoms with Crippen molar-refractivity contribution >= 4 is 11.4 Å². The van der Waals surface area contributed by atoms with E-state index in [0.29, 0.717) is 18.0 Å². The number of hydrogen-bond acceptors (Lipinski definition) is 4. The van der Waals surface area contributed by atoms with Crippen LogP contribution in [0, 0.1) is 5.82 Å². The topological polar surface area (TPSA) is 58.7 Å². The van der Waals surface area contributed by atoms with Gasteiger partial charge in [0.25, 0.3) is 0 Å². The van der Waals surface area contributed by atoms with E-state index in [1.165, 1.54) is 13.2 Å². The minimum Gasteiger partial charge on any atom is -0.495 e. The molecule has 5 heteroatoms. The molecule has 0 atom stereocenters. The Hall–Kier alpha value is -1.49. The van der Waals surface area contributed by atoms with E-state index < -0.39 is 5.82 Å². The van der Waals surface area contributed by atoms with Crippen molar-refractivity contribution in [1.29, 1.82) is 0 Å². The lowest BCUT2D eigenvalue weighted by molar-refractivity contribution is 0.298. The minimum absolute atomic E-state index is 0.0374. The number of nitrogen functional groups attached to an aromatic ring is 1. The number of ether oxygens (including phenoxy) is 1. The molecule has 0 bridgehead atoms. The molecule has 0 radical (unpaired) electrons. The van der Waals surface area contributed by atoms with Crippen molar-refractivity contribution in [2.45, 2.75) is 19.9 Å². The highest BCUT2D eigenvalue weighted by molar-refractivity contribution is 5.63. The Morgan fingerprint density at radius 3 is 2.59 bits per heavy atom. The van der Waals surface area contributed by atoms with Gasteiger partial charge in [0.2, 0.25) is 0 Å². The molecule has 4 nitrogen and oxygen atoms in total. The number of nitrogens with two attached hydrogens (primary N) is 1. The van der Waals surface area contributed by atoms with Crippen LogP contribution in [-0.4, -0.2) is 31.4 Å². The second-order valence-corrected chi connectivity index (χ2v) is 4.06. The number of rotatable bonds is 5. The van der Waals surface area contributed by atoms with Gasteiger partial charge < -0.3 is 20.5 Å². The lowest BCUT2D eigenvalue weighted by Crippen LogP contribution is -2.34. The second kappa shape index (κ2) is 5.72. The number of nitrogens with zero attached hydrogens (tertiary/aromatic N) is 1. The molecule has 0 spiro atoms. The van der Waals surface area contributed by atoms with Crippen LogP contribution in [0.4, 0.5) is 15.8 Å². The number of anilines is 2. The van der Waals surface area contributed by atoms with Crippen LogP contribution < -0.4 is 15.4 Å². The molecule has 1 aromatic rings. The van der Waals surface area contributed by atoms with Gasteiger partial charge in [-0.1, -0.05) is 0 Å². The average molecular weight is 242 g/mol. The SMILES string of the molecule is COc1cc(N(CCO)C(C)C)c(F)cc1N. The maximum Gasteiger partial charge on any atom is 0.148 e. The second-order valence-electron chi connectivity index (χ2n) is 4.06. The maximum absolute atomic E-state index is 13.8. The summed E-state index contributed by atoms with van der Waals surface area (Å²) in [6.45, 7) is 4.18.